The van der Waals surface area contributed by atoms with Crippen LogP contribution in [0.2, 0.25) is 10.0 Å². The maximum Gasteiger partial charge on any atom is 0.245 e. The van der Waals surface area contributed by atoms with Crippen molar-refractivity contribution in [3.8, 4) is 11.1 Å². The molecule has 1 amide bonds. The van der Waals surface area contributed by atoms with E-state index < -0.39 is 6.10 Å². The smallest absolute Gasteiger partial charge is 0.245 e. The summed E-state index contributed by atoms with van der Waals surface area (Å²) < 4.78 is 7.78. The topological polar surface area (TPSA) is 103 Å². The zero-order valence-electron chi connectivity index (χ0n) is 26.4. The summed E-state index contributed by atoms with van der Waals surface area (Å²) >= 11 is 13.7. The van der Waals surface area contributed by atoms with Gasteiger partial charge in [0.25, 0.3) is 0 Å². The lowest BCUT2D eigenvalue weighted by Crippen LogP contribution is -2.63. The van der Waals surface area contributed by atoms with E-state index in [1.165, 1.54) is 6.08 Å². The fourth-order valence-corrected chi connectivity index (χ4v) is 8.96. The maximum absolute atomic E-state index is 12.1. The number of rotatable bonds is 6. The fraction of sp³-hybridized carbons (Fsp3) is 0.606. The number of amides is 1. The Morgan fingerprint density at radius 2 is 2.00 bits per heavy atom. The molecule has 2 aromatic heterocycles. The highest BCUT2D eigenvalue weighted by Gasteiger charge is 2.54. The Morgan fingerprint density at radius 3 is 2.73 bits per heavy atom. The molecule has 0 bridgehead atoms. The Balaban J connectivity index is 1.21. The number of fused-ring (bicyclic) bond motifs is 1. The summed E-state index contributed by atoms with van der Waals surface area (Å²) in [5, 5.41) is 25.0. The van der Waals surface area contributed by atoms with Crippen molar-refractivity contribution in [3.05, 3.63) is 40.7 Å². The maximum atomic E-state index is 12.1. The lowest BCUT2D eigenvalue weighted by molar-refractivity contribution is -0.149. The molecule has 7 rings (SSSR count). The van der Waals surface area contributed by atoms with Crippen LogP contribution in [0.15, 0.2) is 24.9 Å². The van der Waals surface area contributed by atoms with Gasteiger partial charge in [-0.3, -0.25) is 19.5 Å². The first-order valence-electron chi connectivity index (χ1n) is 16.1. The number of hydrogen-bond acceptors (Lipinski definition) is 7. The summed E-state index contributed by atoms with van der Waals surface area (Å²) in [4.78, 5) is 18.8. The minimum atomic E-state index is -0.437. The van der Waals surface area contributed by atoms with Crippen molar-refractivity contribution >= 4 is 45.8 Å². The summed E-state index contributed by atoms with van der Waals surface area (Å²) in [6.07, 6.45) is 6.77. The third kappa shape index (κ3) is 5.46. The standard InChI is InChI=1S/C33H43Cl2N7O3/c1-5-27(44)40-18-33(19-40)12-22(13-33)42-20(2)28(29-24-14-36-37-26(24)10-25(34)30(29)35)31(38-42)41-7-6-21(11-32(41,3)4)15-39-8-9-45-17-23(43)16-39/h5,10,14,21-23,43H,1,6-9,11-13,15-19H2,2-4H3,(H,36,37)/t21-,23+/m1/s1. The number of H-pyrrole nitrogens is 1. The van der Waals surface area contributed by atoms with Crippen LogP contribution in [-0.4, -0.2) is 105 Å². The molecule has 2 atom stereocenters. The summed E-state index contributed by atoms with van der Waals surface area (Å²) in [6, 6.07) is 2.08. The number of β-amino-alcohol motifs (C(OH)–C–C–N with tert-alkyl or cyclic N) is 1. The van der Waals surface area contributed by atoms with Crippen LogP contribution in [0.4, 0.5) is 5.82 Å². The number of aromatic amines is 1. The number of aromatic nitrogens is 4. The van der Waals surface area contributed by atoms with Crippen molar-refractivity contribution in [1.29, 1.82) is 0 Å². The number of aliphatic hydroxyl groups excluding tert-OH is 1. The van der Waals surface area contributed by atoms with Gasteiger partial charge in [-0.05, 0) is 64.5 Å². The van der Waals surface area contributed by atoms with Gasteiger partial charge in [0.05, 0.1) is 47.1 Å². The van der Waals surface area contributed by atoms with Gasteiger partial charge in [-0.1, -0.05) is 29.8 Å². The van der Waals surface area contributed by atoms with Crippen LogP contribution in [0.1, 0.15) is 51.3 Å². The minimum absolute atomic E-state index is 0.00892. The molecule has 3 aromatic rings. The molecule has 3 saturated heterocycles. The van der Waals surface area contributed by atoms with Crippen LogP contribution in [0.25, 0.3) is 22.0 Å². The Morgan fingerprint density at radius 1 is 1.22 bits per heavy atom. The van der Waals surface area contributed by atoms with E-state index in [4.69, 9.17) is 33.0 Å². The fourth-order valence-electron chi connectivity index (χ4n) is 8.50. The largest absolute Gasteiger partial charge is 0.389 e. The molecule has 4 fully saturated rings. The average molecular weight is 657 g/mol. The highest BCUT2D eigenvalue weighted by Crippen LogP contribution is 2.56. The molecule has 242 valence electrons. The van der Waals surface area contributed by atoms with E-state index in [1.54, 1.807) is 0 Å². The van der Waals surface area contributed by atoms with Gasteiger partial charge in [-0.2, -0.15) is 10.2 Å². The van der Waals surface area contributed by atoms with E-state index in [2.05, 4.69) is 52.0 Å². The van der Waals surface area contributed by atoms with E-state index >= 15 is 0 Å². The quantitative estimate of drug-likeness (QED) is 0.357. The van der Waals surface area contributed by atoms with Crippen molar-refractivity contribution < 1.29 is 14.6 Å². The van der Waals surface area contributed by atoms with Crippen LogP contribution >= 0.6 is 23.2 Å². The molecule has 1 saturated carbocycles. The number of halogens is 2. The first-order valence-corrected chi connectivity index (χ1v) is 16.8. The molecule has 0 radical (unpaired) electrons. The van der Waals surface area contributed by atoms with E-state index in [9.17, 15) is 9.90 Å². The van der Waals surface area contributed by atoms with Crippen LogP contribution in [-0.2, 0) is 9.53 Å². The van der Waals surface area contributed by atoms with Gasteiger partial charge in [0.2, 0.25) is 5.91 Å². The second-order valence-electron chi connectivity index (χ2n) is 14.4. The lowest BCUT2D eigenvalue weighted by atomic mass is 9.60. The van der Waals surface area contributed by atoms with Crippen molar-refractivity contribution in [1.82, 2.24) is 29.8 Å². The second kappa shape index (κ2) is 11.6. The van der Waals surface area contributed by atoms with Crippen LogP contribution in [0.3, 0.4) is 0 Å². The molecular formula is C33H43Cl2N7O3. The second-order valence-corrected chi connectivity index (χ2v) is 15.2. The number of carbonyl (C=O) groups is 1. The molecule has 45 heavy (non-hydrogen) atoms. The molecule has 5 heterocycles. The molecule has 1 aliphatic carbocycles. The molecule has 10 nitrogen and oxygen atoms in total. The van der Waals surface area contributed by atoms with Crippen molar-refractivity contribution in [2.45, 2.75) is 64.1 Å². The van der Waals surface area contributed by atoms with Crippen LogP contribution in [0.5, 0.6) is 0 Å². The summed E-state index contributed by atoms with van der Waals surface area (Å²) in [6.45, 7) is 16.3. The molecule has 3 aliphatic heterocycles. The van der Waals surface area contributed by atoms with E-state index in [-0.39, 0.29) is 22.9 Å². The number of benzene rings is 1. The number of nitrogens with zero attached hydrogens (tertiary/aromatic N) is 6. The van der Waals surface area contributed by atoms with Crippen molar-refractivity contribution in [3.63, 3.8) is 0 Å². The molecular weight excluding hydrogens is 613 g/mol. The summed E-state index contributed by atoms with van der Waals surface area (Å²) in [5.41, 5.74) is 3.76. The van der Waals surface area contributed by atoms with Crippen LogP contribution < -0.4 is 4.90 Å². The molecule has 1 spiro atoms. The number of anilines is 1. The zero-order chi connectivity index (χ0) is 31.7. The van der Waals surface area contributed by atoms with Gasteiger partial charge in [0.15, 0.2) is 5.82 Å². The normalized spacial score (nSPS) is 25.3. The number of likely N-dealkylation sites (tertiary alicyclic amines) is 1. The van der Waals surface area contributed by atoms with Gasteiger partial charge in [0, 0.05) is 72.4 Å². The lowest BCUT2D eigenvalue weighted by Gasteiger charge is -2.58. The number of aliphatic hydroxyl groups is 1. The number of carbonyl (C=O) groups excluding carboxylic acids is 1. The molecule has 4 aliphatic rings. The highest BCUT2D eigenvalue weighted by molar-refractivity contribution is 6.45. The monoisotopic (exact) mass is 655 g/mol. The first-order chi connectivity index (χ1) is 21.5. The number of piperidine rings is 1. The summed E-state index contributed by atoms with van der Waals surface area (Å²) in [7, 11) is 0. The first kappa shape index (κ1) is 31.0. The Labute approximate surface area is 274 Å². The van der Waals surface area contributed by atoms with E-state index in [0.717, 1.165) is 91.9 Å². The Bertz CT molecular complexity index is 1620. The van der Waals surface area contributed by atoms with Gasteiger partial charge >= 0.3 is 0 Å². The molecule has 0 unspecified atom stereocenters. The molecule has 2 N–H and O–H groups in total. The highest BCUT2D eigenvalue weighted by atomic mass is 35.5. The van der Waals surface area contributed by atoms with Gasteiger partial charge in [-0.25, -0.2) is 0 Å². The third-order valence-corrected chi connectivity index (χ3v) is 11.4. The third-order valence-electron chi connectivity index (χ3n) is 10.6. The summed E-state index contributed by atoms with van der Waals surface area (Å²) in [5.74, 6) is 1.43. The molecule has 12 heteroatoms. The average Bonchev–Trinajstić information content (AvgIpc) is 3.47. The van der Waals surface area contributed by atoms with Gasteiger partial charge in [-0.15, -0.1) is 0 Å². The SMILES string of the molecule is C=CC(=O)N1CC2(CC(n3nc(N4CC[C@@H](CN5CCOC[C@@H](O)C5)CC4(C)C)c(-c4c(Cl)c(Cl)cc5[nH]ncc45)c3C)C2)C1. The van der Waals surface area contributed by atoms with E-state index in [1.807, 2.05) is 17.2 Å². The van der Waals surface area contributed by atoms with Crippen LogP contribution in [0, 0.1) is 18.3 Å². The predicted octanol–water partition coefficient (Wildman–Crippen LogP) is 5.08. The Kier molecular flexibility index (Phi) is 7.96. The predicted molar refractivity (Wildman–Crippen MR) is 177 cm³/mol. The van der Waals surface area contributed by atoms with Crippen molar-refractivity contribution in [2.24, 2.45) is 11.3 Å². The minimum Gasteiger partial charge on any atom is -0.389 e. The van der Waals surface area contributed by atoms with Gasteiger partial charge < -0.3 is 19.6 Å². The Hall–Kier alpha value is -2.63. The molecule has 1 aromatic carbocycles. The number of ether oxygens (including phenoxy) is 1. The zero-order valence-corrected chi connectivity index (χ0v) is 27.9. The number of nitrogens with one attached hydrogen (secondary N) is 1. The van der Waals surface area contributed by atoms with Gasteiger partial charge in [0.1, 0.15) is 0 Å². The number of hydrogen-bond donors (Lipinski definition) is 2. The van der Waals surface area contributed by atoms with Crippen molar-refractivity contribution in [2.75, 3.05) is 57.4 Å². The van der Waals surface area contributed by atoms with E-state index in [0.29, 0.717) is 35.7 Å².